The number of rotatable bonds is 1. The van der Waals surface area contributed by atoms with Gasteiger partial charge in [-0.3, -0.25) is 14.5 Å². The van der Waals surface area contributed by atoms with Gasteiger partial charge in [0, 0.05) is 0 Å². The maximum atomic E-state index is 13.0. The van der Waals surface area contributed by atoms with Crippen LogP contribution in [0.15, 0.2) is 48.5 Å². The van der Waals surface area contributed by atoms with E-state index in [4.69, 9.17) is 0 Å². The topological polar surface area (TPSA) is 57.6 Å². The summed E-state index contributed by atoms with van der Waals surface area (Å²) in [6, 6.07) is 15.4. The fourth-order valence-electron chi connectivity index (χ4n) is 4.39. The second-order valence-electron chi connectivity index (χ2n) is 7.34. The number of benzene rings is 3. The van der Waals surface area contributed by atoms with Crippen molar-refractivity contribution in [1.82, 2.24) is 4.90 Å². The molecule has 26 heavy (non-hydrogen) atoms. The molecule has 0 saturated heterocycles. The normalized spacial score (nSPS) is 23.0. The van der Waals surface area contributed by atoms with Gasteiger partial charge in [0.2, 0.25) is 0 Å². The minimum absolute atomic E-state index is 0.272. The van der Waals surface area contributed by atoms with E-state index in [1.807, 2.05) is 36.4 Å². The molecule has 2 unspecified atom stereocenters. The molecule has 0 spiro atoms. The molecule has 1 saturated carbocycles. The SMILES string of the molecule is O=C1c2cc3cc4ccccc4cc3cc2C(=O)N1C1CCCCC1O. The largest absolute Gasteiger partial charge is 0.391 e. The van der Waals surface area contributed by atoms with Gasteiger partial charge in [0.05, 0.1) is 23.3 Å². The Balaban J connectivity index is 1.65. The minimum atomic E-state index is -0.622. The molecular weight excluding hydrogens is 326 g/mol. The second kappa shape index (κ2) is 5.64. The molecule has 4 nitrogen and oxygen atoms in total. The molecule has 0 radical (unpaired) electrons. The van der Waals surface area contributed by atoms with Gasteiger partial charge in [-0.05, 0) is 58.7 Å². The number of carbonyl (C=O) groups is 2. The average Bonchev–Trinajstić information content (AvgIpc) is 2.89. The van der Waals surface area contributed by atoms with Gasteiger partial charge < -0.3 is 5.11 Å². The maximum absolute atomic E-state index is 13.0. The van der Waals surface area contributed by atoms with Gasteiger partial charge in [-0.1, -0.05) is 37.1 Å². The number of aliphatic hydroxyl groups is 1. The molecule has 4 heteroatoms. The number of carbonyl (C=O) groups excluding carboxylic acids is 2. The summed E-state index contributed by atoms with van der Waals surface area (Å²) in [4.78, 5) is 27.2. The van der Waals surface area contributed by atoms with Crippen LogP contribution in [0.5, 0.6) is 0 Å². The molecule has 1 aliphatic carbocycles. The summed E-state index contributed by atoms with van der Waals surface area (Å²) in [7, 11) is 0. The van der Waals surface area contributed by atoms with Gasteiger partial charge in [-0.15, -0.1) is 0 Å². The number of fused-ring (bicyclic) bond motifs is 3. The Kier molecular flexibility index (Phi) is 3.37. The summed E-state index contributed by atoms with van der Waals surface area (Å²) in [5.41, 5.74) is 0.908. The van der Waals surface area contributed by atoms with Crippen LogP contribution in [0.1, 0.15) is 46.4 Å². The first-order valence-corrected chi connectivity index (χ1v) is 9.16. The molecule has 0 aromatic heterocycles. The van der Waals surface area contributed by atoms with Crippen molar-refractivity contribution in [1.29, 1.82) is 0 Å². The fraction of sp³-hybridized carbons (Fsp3) is 0.273. The summed E-state index contributed by atoms with van der Waals surface area (Å²) >= 11 is 0. The Hall–Kier alpha value is -2.72. The number of nitrogens with zero attached hydrogens (tertiary/aromatic N) is 1. The molecule has 1 N–H and O–H groups in total. The summed E-state index contributed by atoms with van der Waals surface area (Å²) in [5, 5.41) is 14.4. The number of amides is 2. The van der Waals surface area contributed by atoms with Crippen LogP contribution in [0.25, 0.3) is 21.5 Å². The van der Waals surface area contributed by atoms with E-state index in [0.29, 0.717) is 24.0 Å². The zero-order valence-electron chi connectivity index (χ0n) is 14.3. The molecule has 1 heterocycles. The highest BCUT2D eigenvalue weighted by molar-refractivity contribution is 6.23. The zero-order chi connectivity index (χ0) is 17.8. The Morgan fingerprint density at radius 1 is 0.769 bits per heavy atom. The molecular formula is C22H19NO3. The van der Waals surface area contributed by atoms with Gasteiger partial charge in [0.15, 0.2) is 0 Å². The van der Waals surface area contributed by atoms with Gasteiger partial charge >= 0.3 is 0 Å². The van der Waals surface area contributed by atoms with Crippen molar-refractivity contribution < 1.29 is 14.7 Å². The number of hydrogen-bond acceptors (Lipinski definition) is 3. The monoisotopic (exact) mass is 345 g/mol. The lowest BCUT2D eigenvalue weighted by Crippen LogP contribution is -2.48. The molecule has 130 valence electrons. The first kappa shape index (κ1) is 15.5. The lowest BCUT2D eigenvalue weighted by Gasteiger charge is -2.33. The van der Waals surface area contributed by atoms with Crippen LogP contribution in [0, 0.1) is 0 Å². The van der Waals surface area contributed by atoms with Crippen LogP contribution >= 0.6 is 0 Å². The van der Waals surface area contributed by atoms with E-state index in [2.05, 4.69) is 12.1 Å². The van der Waals surface area contributed by atoms with Crippen molar-refractivity contribution in [3.8, 4) is 0 Å². The van der Waals surface area contributed by atoms with Crippen LogP contribution in [0.4, 0.5) is 0 Å². The van der Waals surface area contributed by atoms with E-state index < -0.39 is 12.1 Å². The highest BCUT2D eigenvalue weighted by atomic mass is 16.3. The van der Waals surface area contributed by atoms with Crippen molar-refractivity contribution in [2.24, 2.45) is 0 Å². The number of imide groups is 1. The minimum Gasteiger partial charge on any atom is -0.391 e. The molecule has 2 aliphatic rings. The predicted octanol–water partition coefficient (Wildman–Crippen LogP) is 3.89. The molecule has 2 atom stereocenters. The average molecular weight is 345 g/mol. The molecule has 2 amide bonds. The third kappa shape index (κ3) is 2.19. The van der Waals surface area contributed by atoms with Crippen molar-refractivity contribution in [2.75, 3.05) is 0 Å². The molecule has 0 bridgehead atoms. The first-order chi connectivity index (χ1) is 12.6. The smallest absolute Gasteiger partial charge is 0.261 e. The summed E-state index contributed by atoms with van der Waals surface area (Å²) in [6.07, 6.45) is 2.57. The summed E-state index contributed by atoms with van der Waals surface area (Å²) in [6.45, 7) is 0. The van der Waals surface area contributed by atoms with Gasteiger partial charge in [-0.2, -0.15) is 0 Å². The molecule has 1 aliphatic heterocycles. The summed E-state index contributed by atoms with van der Waals surface area (Å²) in [5.74, 6) is -0.544. The molecule has 1 fully saturated rings. The standard InChI is InChI=1S/C22H19NO3/c24-20-8-4-3-7-19(20)23-21(25)17-11-15-9-13-5-1-2-6-14(13)10-16(15)12-18(17)22(23)26/h1-2,5-6,9-12,19-20,24H,3-4,7-8H2. The van der Waals surface area contributed by atoms with Crippen LogP contribution in [-0.4, -0.2) is 34.0 Å². The molecule has 3 aromatic rings. The quantitative estimate of drug-likeness (QED) is 0.538. The Labute approximate surface area is 151 Å². The zero-order valence-corrected chi connectivity index (χ0v) is 14.3. The van der Waals surface area contributed by atoms with Crippen LogP contribution in [0.3, 0.4) is 0 Å². The first-order valence-electron chi connectivity index (χ1n) is 9.16. The Bertz CT molecular complexity index is 998. The van der Waals surface area contributed by atoms with Gasteiger partial charge in [0.25, 0.3) is 11.8 Å². The highest BCUT2D eigenvalue weighted by Gasteiger charge is 2.43. The number of hydrogen-bond donors (Lipinski definition) is 1. The van der Waals surface area contributed by atoms with Crippen molar-refractivity contribution in [3.63, 3.8) is 0 Å². The number of aliphatic hydroxyl groups excluding tert-OH is 1. The fourth-order valence-corrected chi connectivity index (χ4v) is 4.39. The van der Waals surface area contributed by atoms with Crippen molar-refractivity contribution in [2.45, 2.75) is 37.8 Å². The lowest BCUT2D eigenvalue weighted by molar-refractivity contribution is 0.0203. The van der Waals surface area contributed by atoms with Crippen molar-refractivity contribution >= 4 is 33.4 Å². The third-order valence-electron chi connectivity index (χ3n) is 5.77. The van der Waals surface area contributed by atoms with E-state index in [0.717, 1.165) is 34.4 Å². The van der Waals surface area contributed by atoms with Gasteiger partial charge in [-0.25, -0.2) is 0 Å². The van der Waals surface area contributed by atoms with Crippen LogP contribution in [-0.2, 0) is 0 Å². The Morgan fingerprint density at radius 3 is 1.85 bits per heavy atom. The van der Waals surface area contributed by atoms with Crippen molar-refractivity contribution in [3.05, 3.63) is 59.7 Å². The summed E-state index contributed by atoms with van der Waals surface area (Å²) < 4.78 is 0. The molecule has 3 aromatic carbocycles. The highest BCUT2D eigenvalue weighted by Crippen LogP contribution is 2.34. The van der Waals surface area contributed by atoms with E-state index in [-0.39, 0.29) is 11.8 Å². The van der Waals surface area contributed by atoms with E-state index in [1.165, 1.54) is 4.90 Å². The Morgan fingerprint density at radius 2 is 1.31 bits per heavy atom. The molecule has 5 rings (SSSR count). The van der Waals surface area contributed by atoms with E-state index >= 15 is 0 Å². The predicted molar refractivity (Wildman–Crippen MR) is 100 cm³/mol. The van der Waals surface area contributed by atoms with Crippen LogP contribution in [0.2, 0.25) is 0 Å². The lowest BCUT2D eigenvalue weighted by atomic mass is 9.91. The maximum Gasteiger partial charge on any atom is 0.261 e. The second-order valence-corrected chi connectivity index (χ2v) is 7.34. The van der Waals surface area contributed by atoms with Crippen LogP contribution < -0.4 is 0 Å². The third-order valence-corrected chi connectivity index (χ3v) is 5.77. The van der Waals surface area contributed by atoms with Gasteiger partial charge in [0.1, 0.15) is 0 Å². The van der Waals surface area contributed by atoms with E-state index in [1.54, 1.807) is 0 Å². The van der Waals surface area contributed by atoms with E-state index in [9.17, 15) is 14.7 Å².